The maximum atomic E-state index is 12.5. The quantitative estimate of drug-likeness (QED) is 0.185. The van der Waals surface area contributed by atoms with Gasteiger partial charge in [0.25, 0.3) is 0 Å². The fourth-order valence-electron chi connectivity index (χ4n) is 5.51. The van der Waals surface area contributed by atoms with Crippen LogP contribution in [0.3, 0.4) is 0 Å². The fourth-order valence-corrected chi connectivity index (χ4v) is 5.51. The van der Waals surface area contributed by atoms with E-state index in [0.29, 0.717) is 5.76 Å². The summed E-state index contributed by atoms with van der Waals surface area (Å²) in [6.45, 7) is 9.87. The molecule has 1 saturated heterocycles. The molecule has 42 heavy (non-hydrogen) atoms. The van der Waals surface area contributed by atoms with Crippen molar-refractivity contribution in [3.63, 3.8) is 0 Å². The van der Waals surface area contributed by atoms with Gasteiger partial charge in [-0.25, -0.2) is 0 Å². The van der Waals surface area contributed by atoms with E-state index in [-0.39, 0.29) is 22.1 Å². The molecule has 1 aliphatic heterocycles. The van der Waals surface area contributed by atoms with E-state index in [1.165, 1.54) is 23.8 Å². The van der Waals surface area contributed by atoms with Crippen molar-refractivity contribution >= 4 is 16.7 Å². The Bertz CT molecular complexity index is 1500. The normalized spacial score (nSPS) is 14.5. The fraction of sp³-hybridized carbons (Fsp3) is 0.382. The van der Waals surface area contributed by atoms with Gasteiger partial charge in [-0.15, -0.1) is 0 Å². The summed E-state index contributed by atoms with van der Waals surface area (Å²) in [5, 5.41) is 20.2. The number of benzene rings is 3. The lowest BCUT2D eigenvalue weighted by Crippen LogP contribution is -2.47. The standard InChI is InChI=1S/C34H42N4O4/c1-35(18-19-37-20-22-38(23-21-37)25-26-8-4-3-5-9-26)16-6-7-17-36(2)28-12-10-27(11-13-28)32-24-31(40)29-14-15-30(39)33(41)34(29)42-32/h3-5,8-15,24,39,41H,6-7,16-23,25H2,1-2H3. The Morgan fingerprint density at radius 3 is 2.24 bits per heavy atom. The minimum absolute atomic E-state index is 0.00919. The number of hydrogen-bond donors (Lipinski definition) is 2. The highest BCUT2D eigenvalue weighted by molar-refractivity contribution is 5.86. The monoisotopic (exact) mass is 570 g/mol. The Morgan fingerprint density at radius 2 is 1.50 bits per heavy atom. The third kappa shape index (κ3) is 7.50. The number of unbranched alkanes of at least 4 members (excludes halogenated alkanes) is 1. The van der Waals surface area contributed by atoms with Crippen molar-refractivity contribution in [2.75, 3.05) is 71.4 Å². The zero-order valence-electron chi connectivity index (χ0n) is 24.7. The number of phenols is 2. The second-order valence-corrected chi connectivity index (χ2v) is 11.4. The van der Waals surface area contributed by atoms with Crippen molar-refractivity contribution in [2.45, 2.75) is 19.4 Å². The number of phenolic OH excluding ortho intramolecular Hbond substituents is 2. The van der Waals surface area contributed by atoms with Crippen LogP contribution in [-0.2, 0) is 6.54 Å². The molecule has 222 valence electrons. The Balaban J connectivity index is 1.01. The minimum Gasteiger partial charge on any atom is -0.504 e. The number of piperazine rings is 1. The van der Waals surface area contributed by atoms with Gasteiger partial charge in [-0.1, -0.05) is 30.3 Å². The van der Waals surface area contributed by atoms with Crippen LogP contribution in [0.1, 0.15) is 18.4 Å². The van der Waals surface area contributed by atoms with Crippen LogP contribution in [0.2, 0.25) is 0 Å². The number of likely N-dealkylation sites (N-methyl/N-ethyl adjacent to an activating group) is 1. The molecule has 0 amide bonds. The van der Waals surface area contributed by atoms with Gasteiger partial charge in [0.1, 0.15) is 5.76 Å². The molecule has 4 aromatic rings. The number of rotatable bonds is 12. The van der Waals surface area contributed by atoms with Crippen molar-refractivity contribution in [3.05, 3.63) is 88.6 Å². The second kappa shape index (κ2) is 13.9. The third-order valence-corrected chi connectivity index (χ3v) is 8.24. The minimum atomic E-state index is -0.425. The largest absolute Gasteiger partial charge is 0.504 e. The number of hydrogen-bond acceptors (Lipinski definition) is 8. The summed E-state index contributed by atoms with van der Waals surface area (Å²) in [6, 6.07) is 22.7. The Hall–Kier alpha value is -3.85. The molecule has 0 bridgehead atoms. The van der Waals surface area contributed by atoms with Crippen molar-refractivity contribution < 1.29 is 14.6 Å². The van der Waals surface area contributed by atoms with E-state index in [0.717, 1.165) is 83.0 Å². The average molecular weight is 571 g/mol. The highest BCUT2D eigenvalue weighted by atomic mass is 16.4. The molecule has 8 heteroatoms. The van der Waals surface area contributed by atoms with Gasteiger partial charge in [0.15, 0.2) is 16.8 Å². The summed E-state index contributed by atoms with van der Waals surface area (Å²) in [4.78, 5) is 22.3. The molecule has 0 unspecified atom stereocenters. The molecule has 2 N–H and O–H groups in total. The van der Waals surface area contributed by atoms with Gasteiger partial charge in [0.05, 0.1) is 5.39 Å². The molecule has 3 aromatic carbocycles. The number of fused-ring (bicyclic) bond motifs is 1. The molecule has 2 heterocycles. The maximum absolute atomic E-state index is 12.5. The second-order valence-electron chi connectivity index (χ2n) is 11.4. The lowest BCUT2D eigenvalue weighted by atomic mass is 10.1. The zero-order chi connectivity index (χ0) is 29.5. The van der Waals surface area contributed by atoms with Crippen LogP contribution >= 0.6 is 0 Å². The van der Waals surface area contributed by atoms with E-state index in [9.17, 15) is 15.0 Å². The summed E-state index contributed by atoms with van der Waals surface area (Å²) < 4.78 is 5.79. The summed E-state index contributed by atoms with van der Waals surface area (Å²) in [5.41, 5.74) is 2.93. The SMILES string of the molecule is CN(CCCCN(C)c1ccc(-c2cc(=O)c3ccc(O)c(O)c3o2)cc1)CCN1CCN(Cc2ccccc2)CC1. The molecule has 1 fully saturated rings. The Morgan fingerprint density at radius 1 is 0.810 bits per heavy atom. The van der Waals surface area contributed by atoms with Gasteiger partial charge in [-0.05, 0) is 68.4 Å². The highest BCUT2D eigenvalue weighted by Crippen LogP contribution is 2.34. The van der Waals surface area contributed by atoms with E-state index < -0.39 is 5.75 Å². The average Bonchev–Trinajstić information content (AvgIpc) is 3.01. The summed E-state index contributed by atoms with van der Waals surface area (Å²) >= 11 is 0. The van der Waals surface area contributed by atoms with Crippen LogP contribution in [0.4, 0.5) is 5.69 Å². The predicted molar refractivity (Wildman–Crippen MR) is 169 cm³/mol. The molecule has 1 aliphatic rings. The molecule has 0 spiro atoms. The van der Waals surface area contributed by atoms with Crippen molar-refractivity contribution in [1.82, 2.24) is 14.7 Å². The Labute approximate surface area is 248 Å². The van der Waals surface area contributed by atoms with Crippen LogP contribution in [0.25, 0.3) is 22.3 Å². The molecule has 5 rings (SSSR count). The molecule has 8 nitrogen and oxygen atoms in total. The molecule has 0 saturated carbocycles. The van der Waals surface area contributed by atoms with Crippen LogP contribution in [0.5, 0.6) is 11.5 Å². The van der Waals surface area contributed by atoms with Crippen LogP contribution in [0.15, 0.2) is 82.0 Å². The number of aromatic hydroxyl groups is 2. The Kier molecular flexibility index (Phi) is 9.79. The van der Waals surface area contributed by atoms with E-state index in [2.05, 4.69) is 64.0 Å². The summed E-state index contributed by atoms with van der Waals surface area (Å²) in [6.07, 6.45) is 2.24. The topological polar surface area (TPSA) is 83.6 Å². The van der Waals surface area contributed by atoms with E-state index in [4.69, 9.17) is 4.42 Å². The van der Waals surface area contributed by atoms with Gasteiger partial charge in [-0.2, -0.15) is 0 Å². The maximum Gasteiger partial charge on any atom is 0.201 e. The van der Waals surface area contributed by atoms with Gasteiger partial charge in [0.2, 0.25) is 5.75 Å². The molecule has 0 radical (unpaired) electrons. The lowest BCUT2D eigenvalue weighted by Gasteiger charge is -2.35. The zero-order valence-corrected chi connectivity index (χ0v) is 24.7. The van der Waals surface area contributed by atoms with E-state index in [1.807, 2.05) is 24.3 Å². The lowest BCUT2D eigenvalue weighted by molar-refractivity contribution is 0.117. The van der Waals surface area contributed by atoms with Crippen molar-refractivity contribution in [3.8, 4) is 22.8 Å². The first-order valence-corrected chi connectivity index (χ1v) is 14.8. The molecular formula is C34H42N4O4. The van der Waals surface area contributed by atoms with Crippen LogP contribution < -0.4 is 10.3 Å². The van der Waals surface area contributed by atoms with E-state index >= 15 is 0 Å². The van der Waals surface area contributed by atoms with Crippen molar-refractivity contribution in [2.24, 2.45) is 0 Å². The van der Waals surface area contributed by atoms with Gasteiger partial charge < -0.3 is 24.4 Å². The predicted octanol–water partition coefficient (Wildman–Crippen LogP) is 4.84. The first-order valence-electron chi connectivity index (χ1n) is 14.8. The smallest absolute Gasteiger partial charge is 0.201 e. The summed E-state index contributed by atoms with van der Waals surface area (Å²) in [5.74, 6) is -0.398. The first kappa shape index (κ1) is 29.6. The third-order valence-electron chi connectivity index (χ3n) is 8.24. The first-order chi connectivity index (χ1) is 20.4. The van der Waals surface area contributed by atoms with Crippen LogP contribution in [-0.4, -0.2) is 91.4 Å². The molecule has 0 atom stereocenters. The van der Waals surface area contributed by atoms with Gasteiger partial charge >= 0.3 is 0 Å². The highest BCUT2D eigenvalue weighted by Gasteiger charge is 2.17. The molecular weight excluding hydrogens is 528 g/mol. The van der Waals surface area contributed by atoms with Crippen LogP contribution in [0, 0.1) is 0 Å². The molecule has 0 aliphatic carbocycles. The van der Waals surface area contributed by atoms with Crippen molar-refractivity contribution in [1.29, 1.82) is 0 Å². The molecule has 1 aromatic heterocycles. The number of nitrogens with zero attached hydrogens (tertiary/aromatic N) is 4. The summed E-state index contributed by atoms with van der Waals surface area (Å²) in [7, 11) is 4.31. The van der Waals surface area contributed by atoms with Gasteiger partial charge in [-0.3, -0.25) is 14.6 Å². The number of anilines is 1. The van der Waals surface area contributed by atoms with Gasteiger partial charge in [0, 0.05) is 76.7 Å². The van der Waals surface area contributed by atoms with E-state index in [1.54, 1.807) is 0 Å².